The van der Waals surface area contributed by atoms with Crippen LogP contribution in [0, 0.1) is 0 Å². The van der Waals surface area contributed by atoms with Crippen molar-refractivity contribution in [3.8, 4) is 11.4 Å². The molecule has 4 heteroatoms. The van der Waals surface area contributed by atoms with Crippen LogP contribution in [0.5, 0.6) is 0 Å². The van der Waals surface area contributed by atoms with Crippen LogP contribution in [0.15, 0.2) is 23.7 Å². The first kappa shape index (κ1) is 8.47. The third kappa shape index (κ3) is 1.79. The van der Waals surface area contributed by atoms with Gasteiger partial charge in [0.05, 0.1) is 16.4 Å². The standard InChI is InChI=1S/C9H10N2OS/c12-5-3-9-11-8(6-13-9)7-2-1-4-10-7/h1-2,4,6,10,12H,3,5H2. The summed E-state index contributed by atoms with van der Waals surface area (Å²) < 4.78 is 0. The lowest BCUT2D eigenvalue weighted by atomic mass is 10.3. The van der Waals surface area contributed by atoms with E-state index in [1.165, 1.54) is 0 Å². The van der Waals surface area contributed by atoms with Crippen LogP contribution in [0.1, 0.15) is 5.01 Å². The van der Waals surface area contributed by atoms with Gasteiger partial charge in [0.1, 0.15) is 0 Å². The maximum Gasteiger partial charge on any atom is 0.0976 e. The normalized spacial score (nSPS) is 10.5. The molecule has 68 valence electrons. The largest absolute Gasteiger partial charge is 0.396 e. The Morgan fingerprint density at radius 2 is 2.46 bits per heavy atom. The van der Waals surface area contributed by atoms with Gasteiger partial charge in [0.2, 0.25) is 0 Å². The zero-order chi connectivity index (χ0) is 9.10. The van der Waals surface area contributed by atoms with Crippen LogP contribution < -0.4 is 0 Å². The highest BCUT2D eigenvalue weighted by atomic mass is 32.1. The topological polar surface area (TPSA) is 48.9 Å². The second-order valence-electron chi connectivity index (χ2n) is 2.68. The van der Waals surface area contributed by atoms with E-state index in [4.69, 9.17) is 5.11 Å². The Hall–Kier alpha value is -1.13. The SMILES string of the molecule is OCCc1nc(-c2ccc[nH]2)cs1. The van der Waals surface area contributed by atoms with Crippen molar-refractivity contribution in [2.45, 2.75) is 6.42 Å². The summed E-state index contributed by atoms with van der Waals surface area (Å²) in [6, 6.07) is 3.93. The number of thiazole rings is 1. The number of aliphatic hydroxyl groups excluding tert-OH is 1. The van der Waals surface area contributed by atoms with E-state index in [0.29, 0.717) is 6.42 Å². The molecule has 0 atom stereocenters. The molecule has 0 amide bonds. The number of aliphatic hydroxyl groups is 1. The predicted molar refractivity (Wildman–Crippen MR) is 52.7 cm³/mol. The zero-order valence-corrected chi connectivity index (χ0v) is 7.84. The Labute approximate surface area is 80.1 Å². The molecule has 3 nitrogen and oxygen atoms in total. The Bertz CT molecular complexity index is 367. The van der Waals surface area contributed by atoms with Crippen LogP contribution in [-0.4, -0.2) is 21.7 Å². The van der Waals surface area contributed by atoms with Gasteiger partial charge in [-0.15, -0.1) is 11.3 Å². The number of nitrogens with zero attached hydrogens (tertiary/aromatic N) is 1. The summed E-state index contributed by atoms with van der Waals surface area (Å²) in [4.78, 5) is 7.46. The van der Waals surface area contributed by atoms with Gasteiger partial charge in [0.15, 0.2) is 0 Å². The van der Waals surface area contributed by atoms with Gasteiger partial charge >= 0.3 is 0 Å². The van der Waals surface area contributed by atoms with Crippen LogP contribution in [0.2, 0.25) is 0 Å². The summed E-state index contributed by atoms with van der Waals surface area (Å²) in [6.45, 7) is 0.164. The highest BCUT2D eigenvalue weighted by molar-refractivity contribution is 7.09. The lowest BCUT2D eigenvalue weighted by Gasteiger charge is -1.89. The van der Waals surface area contributed by atoms with Gasteiger partial charge in [-0.25, -0.2) is 4.98 Å². The molecule has 0 aromatic carbocycles. The van der Waals surface area contributed by atoms with Crippen molar-refractivity contribution in [3.05, 3.63) is 28.7 Å². The van der Waals surface area contributed by atoms with Crippen LogP contribution in [0.3, 0.4) is 0 Å². The number of aromatic nitrogens is 2. The minimum Gasteiger partial charge on any atom is -0.396 e. The van der Waals surface area contributed by atoms with E-state index in [9.17, 15) is 0 Å². The van der Waals surface area contributed by atoms with Crippen molar-refractivity contribution in [2.24, 2.45) is 0 Å². The molecule has 0 aliphatic rings. The van der Waals surface area contributed by atoms with E-state index in [1.807, 2.05) is 23.7 Å². The molecule has 0 saturated heterocycles. The molecular formula is C9H10N2OS. The van der Waals surface area contributed by atoms with Gasteiger partial charge in [0, 0.05) is 24.6 Å². The second-order valence-corrected chi connectivity index (χ2v) is 3.63. The van der Waals surface area contributed by atoms with Crippen molar-refractivity contribution in [3.63, 3.8) is 0 Å². The van der Waals surface area contributed by atoms with Gasteiger partial charge in [-0.3, -0.25) is 0 Å². The zero-order valence-electron chi connectivity index (χ0n) is 7.03. The quantitative estimate of drug-likeness (QED) is 0.781. The molecule has 2 rings (SSSR count). The molecule has 0 bridgehead atoms. The molecule has 0 saturated carbocycles. The number of hydrogen-bond acceptors (Lipinski definition) is 3. The maximum absolute atomic E-state index is 8.72. The molecular weight excluding hydrogens is 184 g/mol. The fourth-order valence-electron chi connectivity index (χ4n) is 1.13. The van der Waals surface area contributed by atoms with Crippen molar-refractivity contribution in [2.75, 3.05) is 6.61 Å². The third-order valence-electron chi connectivity index (χ3n) is 1.75. The smallest absolute Gasteiger partial charge is 0.0976 e. The van der Waals surface area contributed by atoms with Gasteiger partial charge in [-0.1, -0.05) is 0 Å². The molecule has 2 heterocycles. The summed E-state index contributed by atoms with van der Waals surface area (Å²) in [5, 5.41) is 11.7. The van der Waals surface area contributed by atoms with Gasteiger partial charge in [-0.05, 0) is 12.1 Å². The molecule has 13 heavy (non-hydrogen) atoms. The fraction of sp³-hybridized carbons (Fsp3) is 0.222. The molecule has 0 aliphatic heterocycles. The number of H-pyrrole nitrogens is 1. The highest BCUT2D eigenvalue weighted by Crippen LogP contribution is 2.19. The van der Waals surface area contributed by atoms with Crippen LogP contribution in [0.4, 0.5) is 0 Å². The number of nitrogens with one attached hydrogen (secondary N) is 1. The number of rotatable bonds is 3. The Morgan fingerprint density at radius 3 is 3.15 bits per heavy atom. The van der Waals surface area contributed by atoms with E-state index < -0.39 is 0 Å². The summed E-state index contributed by atoms with van der Waals surface area (Å²) in [5.74, 6) is 0. The lowest BCUT2D eigenvalue weighted by molar-refractivity contribution is 0.299. The van der Waals surface area contributed by atoms with E-state index in [0.717, 1.165) is 16.4 Å². The lowest BCUT2D eigenvalue weighted by Crippen LogP contribution is -1.88. The summed E-state index contributed by atoms with van der Waals surface area (Å²) in [5.41, 5.74) is 1.99. The van der Waals surface area contributed by atoms with Crippen LogP contribution in [-0.2, 0) is 6.42 Å². The van der Waals surface area contributed by atoms with Crippen molar-refractivity contribution in [1.29, 1.82) is 0 Å². The Morgan fingerprint density at radius 1 is 1.54 bits per heavy atom. The average Bonchev–Trinajstić information content (AvgIpc) is 2.70. The molecule has 0 spiro atoms. The predicted octanol–water partition coefficient (Wildman–Crippen LogP) is 1.67. The van der Waals surface area contributed by atoms with E-state index in [-0.39, 0.29) is 6.61 Å². The minimum atomic E-state index is 0.164. The summed E-state index contributed by atoms with van der Waals surface area (Å²) in [7, 11) is 0. The van der Waals surface area contributed by atoms with Crippen molar-refractivity contribution < 1.29 is 5.11 Å². The molecule has 2 N–H and O–H groups in total. The molecule has 0 aliphatic carbocycles. The molecule has 0 unspecified atom stereocenters. The monoisotopic (exact) mass is 194 g/mol. The molecule has 0 fully saturated rings. The first-order chi connectivity index (χ1) is 6.40. The van der Waals surface area contributed by atoms with E-state index >= 15 is 0 Å². The minimum absolute atomic E-state index is 0.164. The summed E-state index contributed by atoms with van der Waals surface area (Å²) in [6.07, 6.45) is 2.52. The van der Waals surface area contributed by atoms with Crippen LogP contribution in [0.25, 0.3) is 11.4 Å². The average molecular weight is 194 g/mol. The first-order valence-electron chi connectivity index (χ1n) is 4.09. The van der Waals surface area contributed by atoms with Gasteiger partial charge < -0.3 is 10.1 Å². The fourth-order valence-corrected chi connectivity index (χ4v) is 1.92. The molecule has 2 aromatic heterocycles. The molecule has 0 radical (unpaired) electrons. The number of hydrogen-bond donors (Lipinski definition) is 2. The number of aromatic amines is 1. The maximum atomic E-state index is 8.72. The molecule has 2 aromatic rings. The summed E-state index contributed by atoms with van der Waals surface area (Å²) >= 11 is 1.58. The van der Waals surface area contributed by atoms with E-state index in [2.05, 4.69) is 9.97 Å². The Kier molecular flexibility index (Phi) is 2.42. The van der Waals surface area contributed by atoms with Gasteiger partial charge in [-0.2, -0.15) is 0 Å². The van der Waals surface area contributed by atoms with Crippen molar-refractivity contribution in [1.82, 2.24) is 9.97 Å². The first-order valence-corrected chi connectivity index (χ1v) is 4.97. The highest BCUT2D eigenvalue weighted by Gasteiger charge is 2.03. The second kappa shape index (κ2) is 3.72. The van der Waals surface area contributed by atoms with Gasteiger partial charge in [0.25, 0.3) is 0 Å². The third-order valence-corrected chi connectivity index (χ3v) is 2.66. The Balaban J connectivity index is 2.23. The van der Waals surface area contributed by atoms with Crippen molar-refractivity contribution >= 4 is 11.3 Å². The van der Waals surface area contributed by atoms with Crippen LogP contribution >= 0.6 is 11.3 Å². The van der Waals surface area contributed by atoms with E-state index in [1.54, 1.807) is 11.3 Å².